The van der Waals surface area contributed by atoms with E-state index >= 15 is 0 Å². The molecule has 0 unspecified atom stereocenters. The molecule has 0 spiro atoms. The van der Waals surface area contributed by atoms with Crippen molar-refractivity contribution in [1.29, 1.82) is 0 Å². The molecule has 124 valence electrons. The molecule has 0 aromatic heterocycles. The van der Waals surface area contributed by atoms with Gasteiger partial charge in [-0.15, -0.1) is 0 Å². The van der Waals surface area contributed by atoms with Crippen molar-refractivity contribution < 1.29 is 22.6 Å². The maximum atomic E-state index is 12.7. The summed E-state index contributed by atoms with van der Waals surface area (Å²) in [6.45, 7) is 0.167. The van der Waals surface area contributed by atoms with Gasteiger partial charge >= 0.3 is 6.18 Å². The molecule has 2 aromatic rings. The minimum Gasteiger partial charge on any atom is -0.493 e. The summed E-state index contributed by atoms with van der Waals surface area (Å²) in [5.74, 6) is 0.486. The molecule has 0 aliphatic carbocycles. The number of ether oxygens (including phenoxy) is 2. The van der Waals surface area contributed by atoms with Crippen LogP contribution in [0, 0.1) is 0 Å². The molecule has 0 fully saturated rings. The van der Waals surface area contributed by atoms with Gasteiger partial charge in [0.15, 0.2) is 11.5 Å². The third-order valence-corrected chi connectivity index (χ3v) is 3.61. The van der Waals surface area contributed by atoms with Gasteiger partial charge < -0.3 is 15.2 Å². The third kappa shape index (κ3) is 4.30. The lowest BCUT2D eigenvalue weighted by Gasteiger charge is -2.18. The minimum atomic E-state index is -4.52. The molecular weight excluding hydrogens is 331 g/mol. The molecule has 0 aliphatic rings. The first-order chi connectivity index (χ1) is 10.8. The summed E-state index contributed by atoms with van der Waals surface area (Å²) < 4.78 is 48.7. The van der Waals surface area contributed by atoms with Crippen LogP contribution in [0.2, 0.25) is 5.02 Å². The normalized spacial score (nSPS) is 12.8. The van der Waals surface area contributed by atoms with Crippen molar-refractivity contribution in [2.24, 2.45) is 5.73 Å². The van der Waals surface area contributed by atoms with E-state index in [1.807, 2.05) is 6.07 Å². The van der Waals surface area contributed by atoms with E-state index in [0.29, 0.717) is 10.8 Å². The van der Waals surface area contributed by atoms with E-state index in [9.17, 15) is 13.2 Å². The zero-order chi connectivity index (χ0) is 17.0. The minimum absolute atomic E-state index is 0.0977. The number of halogens is 4. The van der Waals surface area contributed by atoms with E-state index in [1.165, 1.54) is 25.3 Å². The Morgan fingerprint density at radius 3 is 2.43 bits per heavy atom. The standard InChI is InChI=1S/C16H15ClF3NO2/c1-22-14-8-10(15(21)16(18,19)20)6-7-13(14)23-9-11-4-2-3-5-12(11)17/h2-8,15H,9,21H2,1H3/t15-/m0/s1. The molecule has 1 atom stereocenters. The summed E-state index contributed by atoms with van der Waals surface area (Å²) in [6.07, 6.45) is -4.52. The summed E-state index contributed by atoms with van der Waals surface area (Å²) in [7, 11) is 1.35. The number of alkyl halides is 3. The Hall–Kier alpha value is -1.92. The first-order valence-electron chi connectivity index (χ1n) is 6.69. The number of hydrogen-bond acceptors (Lipinski definition) is 3. The van der Waals surface area contributed by atoms with E-state index in [0.717, 1.165) is 5.56 Å². The van der Waals surface area contributed by atoms with Gasteiger partial charge in [-0.1, -0.05) is 35.9 Å². The highest BCUT2D eigenvalue weighted by atomic mass is 35.5. The molecule has 0 saturated heterocycles. The van der Waals surface area contributed by atoms with Crippen molar-refractivity contribution in [1.82, 2.24) is 0 Å². The molecule has 0 heterocycles. The fraction of sp³-hybridized carbons (Fsp3) is 0.250. The maximum Gasteiger partial charge on any atom is 0.407 e. The average molecular weight is 346 g/mol. The topological polar surface area (TPSA) is 44.5 Å². The number of rotatable bonds is 5. The van der Waals surface area contributed by atoms with Crippen molar-refractivity contribution in [3.8, 4) is 11.5 Å². The monoisotopic (exact) mass is 345 g/mol. The van der Waals surface area contributed by atoms with E-state index in [1.54, 1.807) is 18.2 Å². The molecule has 2 aromatic carbocycles. The second-order valence-electron chi connectivity index (χ2n) is 4.81. The Bertz CT molecular complexity index is 677. The molecule has 7 heteroatoms. The van der Waals surface area contributed by atoms with Gasteiger partial charge in [0.25, 0.3) is 0 Å². The predicted molar refractivity (Wildman–Crippen MR) is 81.8 cm³/mol. The Labute approximate surface area is 136 Å². The van der Waals surface area contributed by atoms with Crippen LogP contribution in [0.5, 0.6) is 11.5 Å². The van der Waals surface area contributed by atoms with Crippen LogP contribution >= 0.6 is 11.6 Å². The van der Waals surface area contributed by atoms with E-state index in [-0.39, 0.29) is 17.9 Å². The highest BCUT2D eigenvalue weighted by Crippen LogP contribution is 2.36. The zero-order valence-electron chi connectivity index (χ0n) is 12.2. The first kappa shape index (κ1) is 17.4. The van der Waals surface area contributed by atoms with Gasteiger partial charge in [0.2, 0.25) is 0 Å². The molecule has 0 radical (unpaired) electrons. The zero-order valence-corrected chi connectivity index (χ0v) is 13.0. The molecule has 0 saturated carbocycles. The van der Waals surface area contributed by atoms with E-state index in [4.69, 9.17) is 26.8 Å². The smallest absolute Gasteiger partial charge is 0.407 e. The lowest BCUT2D eigenvalue weighted by molar-refractivity contribution is -0.149. The molecule has 2 rings (SSSR count). The highest BCUT2D eigenvalue weighted by molar-refractivity contribution is 6.31. The van der Waals surface area contributed by atoms with Crippen LogP contribution in [-0.4, -0.2) is 13.3 Å². The molecular formula is C16H15ClF3NO2. The van der Waals surface area contributed by atoms with Crippen LogP contribution in [0.1, 0.15) is 17.2 Å². The lowest BCUT2D eigenvalue weighted by atomic mass is 10.1. The summed E-state index contributed by atoms with van der Waals surface area (Å²) in [4.78, 5) is 0. The Morgan fingerprint density at radius 2 is 1.83 bits per heavy atom. The van der Waals surface area contributed by atoms with Crippen molar-refractivity contribution >= 4 is 11.6 Å². The number of hydrogen-bond donors (Lipinski definition) is 1. The molecule has 0 bridgehead atoms. The van der Waals surface area contributed by atoms with Crippen LogP contribution in [0.4, 0.5) is 13.2 Å². The number of methoxy groups -OCH3 is 1. The van der Waals surface area contributed by atoms with Gasteiger partial charge in [-0.3, -0.25) is 0 Å². The summed E-state index contributed by atoms with van der Waals surface area (Å²) in [5.41, 5.74) is 5.85. The van der Waals surface area contributed by atoms with Crippen LogP contribution < -0.4 is 15.2 Å². The van der Waals surface area contributed by atoms with Crippen molar-refractivity contribution in [3.63, 3.8) is 0 Å². The van der Waals surface area contributed by atoms with Crippen LogP contribution in [0.15, 0.2) is 42.5 Å². The van der Waals surface area contributed by atoms with Crippen LogP contribution in [-0.2, 0) is 6.61 Å². The van der Waals surface area contributed by atoms with Gasteiger partial charge in [0.05, 0.1) is 7.11 Å². The van der Waals surface area contributed by atoms with Crippen molar-refractivity contribution in [2.45, 2.75) is 18.8 Å². The second kappa shape index (κ2) is 7.10. The fourth-order valence-corrected chi connectivity index (χ4v) is 2.15. The second-order valence-corrected chi connectivity index (χ2v) is 5.22. The highest BCUT2D eigenvalue weighted by Gasteiger charge is 2.38. The van der Waals surface area contributed by atoms with Crippen molar-refractivity contribution in [3.05, 3.63) is 58.6 Å². The van der Waals surface area contributed by atoms with E-state index < -0.39 is 12.2 Å². The molecule has 23 heavy (non-hydrogen) atoms. The third-order valence-electron chi connectivity index (χ3n) is 3.24. The van der Waals surface area contributed by atoms with Gasteiger partial charge in [-0.2, -0.15) is 13.2 Å². The molecule has 3 nitrogen and oxygen atoms in total. The number of nitrogens with two attached hydrogens (primary N) is 1. The van der Waals surface area contributed by atoms with Gasteiger partial charge in [-0.25, -0.2) is 0 Å². The Morgan fingerprint density at radius 1 is 1.13 bits per heavy atom. The largest absolute Gasteiger partial charge is 0.493 e. The maximum absolute atomic E-state index is 12.7. The quantitative estimate of drug-likeness (QED) is 0.868. The summed E-state index contributed by atoms with van der Waals surface area (Å²) >= 11 is 6.03. The number of benzene rings is 2. The summed E-state index contributed by atoms with van der Waals surface area (Å²) in [5, 5.41) is 0.544. The predicted octanol–water partition coefficient (Wildman–Crippen LogP) is 4.49. The molecule has 0 amide bonds. The lowest BCUT2D eigenvalue weighted by Crippen LogP contribution is -2.28. The average Bonchev–Trinajstić information content (AvgIpc) is 2.52. The molecule has 2 N–H and O–H groups in total. The molecule has 0 aliphatic heterocycles. The first-order valence-corrected chi connectivity index (χ1v) is 7.07. The fourth-order valence-electron chi connectivity index (χ4n) is 1.96. The van der Waals surface area contributed by atoms with Crippen molar-refractivity contribution in [2.75, 3.05) is 7.11 Å². The Balaban J connectivity index is 2.19. The van der Waals surface area contributed by atoms with E-state index in [2.05, 4.69) is 0 Å². The van der Waals surface area contributed by atoms with Gasteiger partial charge in [0, 0.05) is 10.6 Å². The Kier molecular flexibility index (Phi) is 5.38. The van der Waals surface area contributed by atoms with Gasteiger partial charge in [0.1, 0.15) is 12.6 Å². The SMILES string of the molecule is COc1cc([C@H](N)C(F)(F)F)ccc1OCc1ccccc1Cl. The van der Waals surface area contributed by atoms with Crippen LogP contribution in [0.25, 0.3) is 0 Å². The van der Waals surface area contributed by atoms with Crippen LogP contribution in [0.3, 0.4) is 0 Å². The summed E-state index contributed by atoms with van der Waals surface area (Å²) in [6, 6.07) is 8.94. The van der Waals surface area contributed by atoms with Gasteiger partial charge in [-0.05, 0) is 23.8 Å².